The Morgan fingerprint density at radius 3 is 2.39 bits per heavy atom. The van der Waals surface area contributed by atoms with Crippen LogP contribution in [0.3, 0.4) is 0 Å². The number of carbonyl (C=O) groups excluding carboxylic acids is 1. The van der Waals surface area contributed by atoms with Crippen molar-refractivity contribution < 1.29 is 9.18 Å². The number of hydrogen-bond donors (Lipinski definition) is 3. The average molecular weight is 400 g/mol. The monoisotopic (exact) mass is 399 g/mol. The van der Waals surface area contributed by atoms with Crippen LogP contribution in [0.2, 0.25) is 5.02 Å². The maximum absolute atomic E-state index is 13.1. The third-order valence-corrected chi connectivity index (χ3v) is 4.10. The van der Waals surface area contributed by atoms with Gasteiger partial charge < -0.3 is 16.0 Å². The summed E-state index contributed by atoms with van der Waals surface area (Å²) >= 11 is 5.93. The molecule has 8 heteroatoms. The van der Waals surface area contributed by atoms with Crippen LogP contribution in [0.1, 0.15) is 23.1 Å². The standard InChI is InChI=1S/C20H19ClFN5O/c1-3-23-18-11-19(25-12(2)24-18)26-14-5-7-15(8-6-14)27-20(28)16-9-4-13(22)10-17(16)21/h4-11H,3H2,1-2H3,(H,27,28)(H2,23,24,25,26). The highest BCUT2D eigenvalue weighted by Gasteiger charge is 2.11. The first kappa shape index (κ1) is 19.6. The van der Waals surface area contributed by atoms with Crippen LogP contribution in [0, 0.1) is 12.7 Å². The van der Waals surface area contributed by atoms with Crippen molar-refractivity contribution >= 4 is 40.5 Å². The molecule has 1 heterocycles. The van der Waals surface area contributed by atoms with Crippen LogP contribution in [0.15, 0.2) is 48.5 Å². The second-order valence-electron chi connectivity index (χ2n) is 6.00. The molecule has 0 unspecified atom stereocenters. The first-order chi connectivity index (χ1) is 13.4. The molecule has 0 saturated carbocycles. The number of aromatic nitrogens is 2. The fourth-order valence-corrected chi connectivity index (χ4v) is 2.81. The highest BCUT2D eigenvalue weighted by Crippen LogP contribution is 2.22. The van der Waals surface area contributed by atoms with Gasteiger partial charge in [0.05, 0.1) is 10.6 Å². The summed E-state index contributed by atoms with van der Waals surface area (Å²) in [5.74, 6) is 1.17. The molecular formula is C20H19ClFN5O. The van der Waals surface area contributed by atoms with Gasteiger partial charge in [-0.05, 0) is 56.3 Å². The number of aryl methyl sites for hydroxylation is 1. The second-order valence-corrected chi connectivity index (χ2v) is 6.40. The van der Waals surface area contributed by atoms with E-state index in [1.165, 1.54) is 12.1 Å². The Morgan fingerprint density at radius 1 is 1.04 bits per heavy atom. The normalized spacial score (nSPS) is 10.4. The lowest BCUT2D eigenvalue weighted by Crippen LogP contribution is -2.12. The molecule has 0 bridgehead atoms. The number of rotatable bonds is 6. The number of hydrogen-bond acceptors (Lipinski definition) is 5. The van der Waals surface area contributed by atoms with E-state index in [4.69, 9.17) is 11.6 Å². The minimum absolute atomic E-state index is 0.0615. The summed E-state index contributed by atoms with van der Waals surface area (Å²) in [5, 5.41) is 9.16. The quantitative estimate of drug-likeness (QED) is 0.543. The first-order valence-electron chi connectivity index (χ1n) is 8.67. The minimum atomic E-state index is -0.491. The van der Waals surface area contributed by atoms with Crippen LogP contribution < -0.4 is 16.0 Å². The summed E-state index contributed by atoms with van der Waals surface area (Å²) in [6.45, 7) is 4.59. The lowest BCUT2D eigenvalue weighted by molar-refractivity contribution is 0.102. The zero-order valence-electron chi connectivity index (χ0n) is 15.4. The van der Waals surface area contributed by atoms with Crippen molar-refractivity contribution in [3.8, 4) is 0 Å². The predicted molar refractivity (Wildman–Crippen MR) is 110 cm³/mol. The van der Waals surface area contributed by atoms with Gasteiger partial charge in [0, 0.05) is 24.0 Å². The van der Waals surface area contributed by atoms with Gasteiger partial charge in [-0.1, -0.05) is 11.6 Å². The number of halogens is 2. The van der Waals surface area contributed by atoms with E-state index in [1.54, 1.807) is 12.1 Å². The van der Waals surface area contributed by atoms with Crippen molar-refractivity contribution in [1.82, 2.24) is 9.97 Å². The number of benzene rings is 2. The first-order valence-corrected chi connectivity index (χ1v) is 9.05. The molecule has 3 N–H and O–H groups in total. The molecule has 6 nitrogen and oxygen atoms in total. The van der Waals surface area contributed by atoms with Crippen LogP contribution in [-0.4, -0.2) is 22.4 Å². The van der Waals surface area contributed by atoms with Gasteiger partial charge in [0.25, 0.3) is 5.91 Å². The van der Waals surface area contributed by atoms with E-state index in [0.717, 1.165) is 24.1 Å². The van der Waals surface area contributed by atoms with Gasteiger partial charge in [-0.15, -0.1) is 0 Å². The summed E-state index contributed by atoms with van der Waals surface area (Å²) in [6, 6.07) is 12.6. The lowest BCUT2D eigenvalue weighted by atomic mass is 10.2. The number of anilines is 4. The maximum atomic E-state index is 13.1. The van der Waals surface area contributed by atoms with Crippen LogP contribution in [-0.2, 0) is 0 Å². The number of nitrogens with zero attached hydrogens (tertiary/aromatic N) is 2. The summed E-state index contributed by atoms with van der Waals surface area (Å²) < 4.78 is 13.1. The molecule has 3 rings (SSSR count). The molecule has 1 aromatic heterocycles. The number of carbonyl (C=O) groups is 1. The van der Waals surface area contributed by atoms with Crippen molar-refractivity contribution in [2.24, 2.45) is 0 Å². The fraction of sp³-hybridized carbons (Fsp3) is 0.150. The number of amides is 1. The average Bonchev–Trinajstić information content (AvgIpc) is 2.63. The van der Waals surface area contributed by atoms with E-state index in [0.29, 0.717) is 17.3 Å². The number of nitrogens with one attached hydrogen (secondary N) is 3. The smallest absolute Gasteiger partial charge is 0.257 e. The molecule has 0 spiro atoms. The van der Waals surface area contributed by atoms with Crippen molar-refractivity contribution in [3.63, 3.8) is 0 Å². The summed E-state index contributed by atoms with van der Waals surface area (Å²) in [4.78, 5) is 21.0. The molecule has 0 fully saturated rings. The second kappa shape index (κ2) is 8.67. The summed E-state index contributed by atoms with van der Waals surface area (Å²) in [6.07, 6.45) is 0. The van der Waals surface area contributed by atoms with Crippen LogP contribution in [0.5, 0.6) is 0 Å². The zero-order chi connectivity index (χ0) is 20.1. The summed E-state index contributed by atoms with van der Waals surface area (Å²) in [5.41, 5.74) is 1.60. The molecule has 0 atom stereocenters. The molecule has 2 aromatic carbocycles. The van der Waals surface area contributed by atoms with Gasteiger partial charge in [-0.3, -0.25) is 4.79 Å². The third kappa shape index (κ3) is 4.95. The molecule has 0 radical (unpaired) electrons. The Bertz CT molecular complexity index is 994. The van der Waals surface area contributed by atoms with Crippen molar-refractivity contribution in [3.05, 3.63) is 70.8 Å². The SMILES string of the molecule is CCNc1cc(Nc2ccc(NC(=O)c3ccc(F)cc3Cl)cc2)nc(C)n1. The molecule has 0 aliphatic carbocycles. The van der Waals surface area contributed by atoms with Gasteiger partial charge >= 0.3 is 0 Å². The van der Waals surface area contributed by atoms with Crippen molar-refractivity contribution in [1.29, 1.82) is 0 Å². The molecule has 28 heavy (non-hydrogen) atoms. The van der Waals surface area contributed by atoms with Crippen LogP contribution >= 0.6 is 11.6 Å². The molecule has 3 aromatic rings. The highest BCUT2D eigenvalue weighted by atomic mass is 35.5. The maximum Gasteiger partial charge on any atom is 0.257 e. The zero-order valence-corrected chi connectivity index (χ0v) is 16.1. The van der Waals surface area contributed by atoms with E-state index >= 15 is 0 Å². The van der Waals surface area contributed by atoms with E-state index < -0.39 is 11.7 Å². The Kier molecular flexibility index (Phi) is 6.06. The van der Waals surface area contributed by atoms with Gasteiger partial charge in [-0.25, -0.2) is 14.4 Å². The topological polar surface area (TPSA) is 78.9 Å². The van der Waals surface area contributed by atoms with Gasteiger partial charge in [0.1, 0.15) is 23.3 Å². The summed E-state index contributed by atoms with van der Waals surface area (Å²) in [7, 11) is 0. The Labute approximate surface area is 167 Å². The van der Waals surface area contributed by atoms with Crippen molar-refractivity contribution in [2.45, 2.75) is 13.8 Å². The lowest BCUT2D eigenvalue weighted by Gasteiger charge is -2.11. The molecule has 0 aliphatic heterocycles. The molecular weight excluding hydrogens is 381 g/mol. The van der Waals surface area contributed by atoms with Crippen molar-refractivity contribution in [2.75, 3.05) is 22.5 Å². The van der Waals surface area contributed by atoms with E-state index in [9.17, 15) is 9.18 Å². The van der Waals surface area contributed by atoms with Gasteiger partial charge in [-0.2, -0.15) is 0 Å². The van der Waals surface area contributed by atoms with E-state index in [-0.39, 0.29) is 10.6 Å². The van der Waals surface area contributed by atoms with E-state index in [2.05, 4.69) is 25.9 Å². The fourth-order valence-electron chi connectivity index (χ4n) is 2.56. The molecule has 1 amide bonds. The predicted octanol–water partition coefficient (Wildman–Crippen LogP) is 5.01. The molecule has 144 valence electrons. The van der Waals surface area contributed by atoms with Gasteiger partial charge in [0.2, 0.25) is 0 Å². The highest BCUT2D eigenvalue weighted by molar-refractivity contribution is 6.34. The van der Waals surface area contributed by atoms with Gasteiger partial charge in [0.15, 0.2) is 0 Å². The third-order valence-electron chi connectivity index (χ3n) is 3.79. The van der Waals surface area contributed by atoms with Crippen LogP contribution in [0.25, 0.3) is 0 Å². The minimum Gasteiger partial charge on any atom is -0.370 e. The Hall–Kier alpha value is -3.19. The van der Waals surface area contributed by atoms with Crippen LogP contribution in [0.4, 0.5) is 27.4 Å². The molecule has 0 aliphatic rings. The molecule has 0 saturated heterocycles. The Morgan fingerprint density at radius 2 is 1.71 bits per heavy atom. The van der Waals surface area contributed by atoms with E-state index in [1.807, 2.05) is 32.0 Å². The Balaban J connectivity index is 1.69. The largest absolute Gasteiger partial charge is 0.370 e.